The van der Waals surface area contributed by atoms with Crippen LogP contribution in [0.25, 0.3) is 0 Å². The zero-order valence-electron chi connectivity index (χ0n) is 12.6. The van der Waals surface area contributed by atoms with Crippen molar-refractivity contribution < 1.29 is 19.1 Å². The maximum atomic E-state index is 12.8. The van der Waals surface area contributed by atoms with Gasteiger partial charge >= 0.3 is 6.09 Å². The van der Waals surface area contributed by atoms with Gasteiger partial charge in [0.05, 0.1) is 25.0 Å². The smallest absolute Gasteiger partial charge is 0.416 e. The summed E-state index contributed by atoms with van der Waals surface area (Å²) in [6, 6.07) is 9.45. The summed E-state index contributed by atoms with van der Waals surface area (Å²) in [5.74, 6) is -0.680. The average Bonchev–Trinajstić information content (AvgIpc) is 3.24. The van der Waals surface area contributed by atoms with Gasteiger partial charge in [0.15, 0.2) is 0 Å². The van der Waals surface area contributed by atoms with Gasteiger partial charge < -0.3 is 4.74 Å². The minimum absolute atomic E-state index is 0.0326. The molecule has 0 saturated carbocycles. The number of hydrogen-bond acceptors (Lipinski definition) is 5. The molecule has 3 saturated heterocycles. The number of ether oxygens (including phenoxy) is 1. The normalized spacial score (nSPS) is 27.5. The van der Waals surface area contributed by atoms with E-state index in [0.29, 0.717) is 19.5 Å². The van der Waals surface area contributed by atoms with E-state index in [1.807, 2.05) is 35.3 Å². The van der Waals surface area contributed by atoms with E-state index in [2.05, 4.69) is 0 Å². The summed E-state index contributed by atoms with van der Waals surface area (Å²) < 4.78 is 4.87. The Labute approximate surface area is 133 Å². The van der Waals surface area contributed by atoms with Crippen molar-refractivity contribution in [1.29, 1.82) is 0 Å². The number of fused-ring (bicyclic) bond motifs is 1. The van der Waals surface area contributed by atoms with Crippen LogP contribution >= 0.6 is 0 Å². The predicted molar refractivity (Wildman–Crippen MR) is 78.8 cm³/mol. The SMILES string of the molecule is O=C1OCCN1C(=O)[C@H]1CN2C(=O)CCN2[C@@H]1c1ccccc1. The lowest BCUT2D eigenvalue weighted by Crippen LogP contribution is -2.40. The Morgan fingerprint density at radius 1 is 1.13 bits per heavy atom. The molecular formula is C16H17N3O4. The molecule has 7 heteroatoms. The number of amides is 3. The van der Waals surface area contributed by atoms with Gasteiger partial charge in [0.1, 0.15) is 6.61 Å². The fraction of sp³-hybridized carbons (Fsp3) is 0.438. The molecule has 0 aliphatic carbocycles. The molecule has 0 bridgehead atoms. The van der Waals surface area contributed by atoms with E-state index in [1.54, 1.807) is 5.01 Å². The van der Waals surface area contributed by atoms with Crippen LogP contribution in [0.1, 0.15) is 18.0 Å². The second-order valence-electron chi connectivity index (χ2n) is 5.96. The average molecular weight is 315 g/mol. The second kappa shape index (κ2) is 5.34. The highest BCUT2D eigenvalue weighted by Crippen LogP contribution is 2.41. The van der Waals surface area contributed by atoms with Crippen LogP contribution in [-0.2, 0) is 14.3 Å². The van der Waals surface area contributed by atoms with Gasteiger partial charge in [0.25, 0.3) is 0 Å². The monoisotopic (exact) mass is 315 g/mol. The highest BCUT2D eigenvalue weighted by Gasteiger charge is 2.51. The van der Waals surface area contributed by atoms with Gasteiger partial charge in [-0.15, -0.1) is 0 Å². The number of cyclic esters (lactones) is 1. The van der Waals surface area contributed by atoms with Crippen LogP contribution in [0.2, 0.25) is 0 Å². The van der Waals surface area contributed by atoms with Gasteiger partial charge in [-0.05, 0) is 5.56 Å². The van der Waals surface area contributed by atoms with Crippen molar-refractivity contribution in [3.8, 4) is 0 Å². The summed E-state index contributed by atoms with van der Waals surface area (Å²) >= 11 is 0. The van der Waals surface area contributed by atoms with Crippen LogP contribution in [0.15, 0.2) is 30.3 Å². The van der Waals surface area contributed by atoms with Crippen LogP contribution in [0.3, 0.4) is 0 Å². The molecule has 0 radical (unpaired) electrons. The fourth-order valence-electron chi connectivity index (χ4n) is 3.65. The molecule has 0 spiro atoms. The van der Waals surface area contributed by atoms with E-state index in [0.717, 1.165) is 10.5 Å². The summed E-state index contributed by atoms with van der Waals surface area (Å²) in [4.78, 5) is 37.8. The quantitative estimate of drug-likeness (QED) is 0.807. The number of nitrogens with zero attached hydrogens (tertiary/aromatic N) is 3. The summed E-state index contributed by atoms with van der Waals surface area (Å²) in [5.41, 5.74) is 0.982. The van der Waals surface area contributed by atoms with Crippen LogP contribution in [0, 0.1) is 5.92 Å². The molecule has 7 nitrogen and oxygen atoms in total. The lowest BCUT2D eigenvalue weighted by molar-refractivity contribution is -0.135. The third-order valence-corrected chi connectivity index (χ3v) is 4.71. The fourth-order valence-corrected chi connectivity index (χ4v) is 3.65. The van der Waals surface area contributed by atoms with E-state index in [4.69, 9.17) is 4.74 Å². The molecule has 120 valence electrons. The maximum absolute atomic E-state index is 12.8. The lowest BCUT2D eigenvalue weighted by Gasteiger charge is -2.27. The van der Waals surface area contributed by atoms with E-state index in [1.165, 1.54) is 0 Å². The molecule has 1 aromatic rings. The summed E-state index contributed by atoms with van der Waals surface area (Å²) in [6.07, 6.45) is -0.120. The summed E-state index contributed by atoms with van der Waals surface area (Å²) in [5, 5.41) is 3.61. The minimum Gasteiger partial charge on any atom is -0.447 e. The van der Waals surface area contributed by atoms with Crippen molar-refractivity contribution in [2.75, 3.05) is 26.2 Å². The van der Waals surface area contributed by atoms with E-state index >= 15 is 0 Å². The Morgan fingerprint density at radius 2 is 1.91 bits per heavy atom. The predicted octanol–water partition coefficient (Wildman–Crippen LogP) is 0.786. The van der Waals surface area contributed by atoms with Gasteiger partial charge in [0.2, 0.25) is 11.8 Å². The molecule has 0 aromatic heterocycles. The molecule has 3 amide bonds. The topological polar surface area (TPSA) is 70.2 Å². The van der Waals surface area contributed by atoms with Gasteiger partial charge in [-0.25, -0.2) is 14.7 Å². The van der Waals surface area contributed by atoms with Crippen molar-refractivity contribution in [3.63, 3.8) is 0 Å². The third-order valence-electron chi connectivity index (χ3n) is 4.71. The third kappa shape index (κ3) is 2.19. The molecule has 3 heterocycles. The summed E-state index contributed by atoms with van der Waals surface area (Å²) in [6.45, 7) is 1.44. The minimum atomic E-state index is -0.588. The van der Waals surface area contributed by atoms with Crippen molar-refractivity contribution in [1.82, 2.24) is 14.9 Å². The first-order valence-electron chi connectivity index (χ1n) is 7.77. The van der Waals surface area contributed by atoms with Crippen LogP contribution in [-0.4, -0.2) is 59.1 Å². The highest BCUT2D eigenvalue weighted by atomic mass is 16.6. The van der Waals surface area contributed by atoms with Gasteiger partial charge in [-0.1, -0.05) is 30.3 Å². The number of carbonyl (C=O) groups excluding carboxylic acids is 3. The van der Waals surface area contributed by atoms with Crippen LogP contribution in [0.5, 0.6) is 0 Å². The zero-order valence-corrected chi connectivity index (χ0v) is 12.6. The molecule has 2 atom stereocenters. The summed E-state index contributed by atoms with van der Waals surface area (Å²) in [7, 11) is 0. The van der Waals surface area contributed by atoms with E-state index in [9.17, 15) is 14.4 Å². The Morgan fingerprint density at radius 3 is 2.61 bits per heavy atom. The number of benzene rings is 1. The van der Waals surface area contributed by atoms with E-state index in [-0.39, 0.29) is 31.0 Å². The van der Waals surface area contributed by atoms with Gasteiger partial charge in [-0.2, -0.15) is 0 Å². The van der Waals surface area contributed by atoms with Crippen LogP contribution < -0.4 is 0 Å². The molecule has 0 N–H and O–H groups in total. The van der Waals surface area contributed by atoms with Crippen molar-refractivity contribution in [3.05, 3.63) is 35.9 Å². The van der Waals surface area contributed by atoms with Crippen LogP contribution in [0.4, 0.5) is 4.79 Å². The van der Waals surface area contributed by atoms with Crippen molar-refractivity contribution >= 4 is 17.9 Å². The molecule has 3 aliphatic heterocycles. The number of carbonyl (C=O) groups is 3. The zero-order chi connectivity index (χ0) is 16.0. The second-order valence-corrected chi connectivity index (χ2v) is 5.96. The molecule has 1 aromatic carbocycles. The first-order valence-corrected chi connectivity index (χ1v) is 7.77. The van der Waals surface area contributed by atoms with Gasteiger partial charge in [-0.3, -0.25) is 14.6 Å². The molecule has 4 rings (SSSR count). The maximum Gasteiger partial charge on any atom is 0.416 e. The van der Waals surface area contributed by atoms with Gasteiger partial charge in [0, 0.05) is 13.0 Å². The molecule has 3 aliphatic rings. The number of rotatable bonds is 2. The Kier molecular flexibility index (Phi) is 3.30. The number of hydrogen-bond donors (Lipinski definition) is 0. The molecule has 3 fully saturated rings. The standard InChI is InChI=1S/C16H17N3O4/c20-13-6-7-18-14(11-4-2-1-3-5-11)12(10-19(13)18)15(21)17-8-9-23-16(17)22/h1-5,12,14H,6-10H2/t12-,14+/m0/s1. The Bertz CT molecular complexity index is 663. The van der Waals surface area contributed by atoms with Crippen molar-refractivity contribution in [2.24, 2.45) is 5.92 Å². The largest absolute Gasteiger partial charge is 0.447 e. The first-order chi connectivity index (χ1) is 11.2. The highest BCUT2D eigenvalue weighted by molar-refractivity contribution is 5.95. The molecule has 0 unspecified atom stereocenters. The Hall–Kier alpha value is -2.41. The molecule has 23 heavy (non-hydrogen) atoms. The number of imide groups is 1. The Balaban J connectivity index is 1.68. The first kappa shape index (κ1) is 14.2. The lowest BCUT2D eigenvalue weighted by atomic mass is 9.92. The molecular weight excluding hydrogens is 298 g/mol. The number of hydrazine groups is 1. The van der Waals surface area contributed by atoms with Crippen molar-refractivity contribution in [2.45, 2.75) is 12.5 Å². The van der Waals surface area contributed by atoms with E-state index < -0.39 is 12.0 Å².